The predicted octanol–water partition coefficient (Wildman–Crippen LogP) is 2.42. The maximum absolute atomic E-state index is 14.5. The zero-order valence-corrected chi connectivity index (χ0v) is 19.8. The van der Waals surface area contributed by atoms with E-state index in [0.717, 1.165) is 58.8 Å². The van der Waals surface area contributed by atoms with Gasteiger partial charge in [-0.3, -0.25) is 19.4 Å². The average molecular weight is 427 g/mol. The van der Waals surface area contributed by atoms with Gasteiger partial charge >= 0.3 is 0 Å². The monoisotopic (exact) mass is 426 g/mol. The van der Waals surface area contributed by atoms with E-state index in [1.54, 1.807) is 11.8 Å². The summed E-state index contributed by atoms with van der Waals surface area (Å²) in [7, 11) is 0. The molecule has 174 valence electrons. The molecule has 3 heterocycles. The molecule has 0 aromatic carbocycles. The van der Waals surface area contributed by atoms with Crippen molar-refractivity contribution < 1.29 is 14.0 Å². The molecule has 0 bridgehead atoms. The van der Waals surface area contributed by atoms with Crippen LogP contribution in [0.15, 0.2) is 0 Å². The van der Waals surface area contributed by atoms with Crippen molar-refractivity contribution in [1.29, 1.82) is 0 Å². The van der Waals surface area contributed by atoms with Crippen LogP contribution >= 0.6 is 0 Å². The first kappa shape index (κ1) is 25.2. The SMILES string of the molecule is CC(=O)CN1CCN(C(C)C)CC1.CC(C)N1CCC(F)(CC(=O)N2CCC2)CC1. The molecule has 0 N–H and O–H groups in total. The Kier molecular flexibility index (Phi) is 9.69. The van der Waals surface area contributed by atoms with Crippen molar-refractivity contribution >= 4 is 11.7 Å². The van der Waals surface area contributed by atoms with Crippen molar-refractivity contribution in [2.75, 3.05) is 58.9 Å². The van der Waals surface area contributed by atoms with E-state index in [1.807, 2.05) is 0 Å². The molecule has 6 nitrogen and oxygen atoms in total. The number of likely N-dealkylation sites (tertiary alicyclic amines) is 2. The fourth-order valence-corrected chi connectivity index (χ4v) is 4.32. The third kappa shape index (κ3) is 7.89. The largest absolute Gasteiger partial charge is 0.342 e. The van der Waals surface area contributed by atoms with E-state index in [4.69, 9.17) is 0 Å². The van der Waals surface area contributed by atoms with Gasteiger partial charge in [0, 0.05) is 64.4 Å². The topological polar surface area (TPSA) is 47.1 Å². The van der Waals surface area contributed by atoms with Crippen LogP contribution in [0.2, 0.25) is 0 Å². The summed E-state index contributed by atoms with van der Waals surface area (Å²) in [4.78, 5) is 31.4. The van der Waals surface area contributed by atoms with Gasteiger partial charge in [0.2, 0.25) is 5.91 Å². The van der Waals surface area contributed by atoms with Crippen LogP contribution in [0.4, 0.5) is 4.39 Å². The maximum atomic E-state index is 14.5. The molecule has 3 fully saturated rings. The van der Waals surface area contributed by atoms with E-state index in [1.165, 1.54) is 0 Å². The molecular weight excluding hydrogens is 383 g/mol. The van der Waals surface area contributed by atoms with Gasteiger partial charge in [-0.05, 0) is 53.9 Å². The summed E-state index contributed by atoms with van der Waals surface area (Å²) in [6, 6.07) is 1.12. The Morgan fingerprint density at radius 2 is 1.33 bits per heavy atom. The third-order valence-electron chi connectivity index (χ3n) is 6.68. The number of ketones is 1. The lowest BCUT2D eigenvalue weighted by molar-refractivity contribution is -0.138. The Morgan fingerprint density at radius 3 is 1.73 bits per heavy atom. The number of carbonyl (C=O) groups is 2. The summed E-state index contributed by atoms with van der Waals surface area (Å²) >= 11 is 0. The number of nitrogens with zero attached hydrogens (tertiary/aromatic N) is 4. The van der Waals surface area contributed by atoms with Crippen LogP contribution in [0.5, 0.6) is 0 Å². The van der Waals surface area contributed by atoms with Crippen molar-refractivity contribution in [3.8, 4) is 0 Å². The van der Waals surface area contributed by atoms with E-state index < -0.39 is 5.67 Å². The minimum Gasteiger partial charge on any atom is -0.342 e. The van der Waals surface area contributed by atoms with Gasteiger partial charge in [0.05, 0.1) is 13.0 Å². The van der Waals surface area contributed by atoms with Crippen LogP contribution in [-0.2, 0) is 9.59 Å². The summed E-state index contributed by atoms with van der Waals surface area (Å²) in [5.74, 6) is 0.287. The summed E-state index contributed by atoms with van der Waals surface area (Å²) in [5, 5.41) is 0. The molecule has 1 amide bonds. The highest BCUT2D eigenvalue weighted by molar-refractivity contribution is 5.78. The van der Waals surface area contributed by atoms with E-state index in [0.29, 0.717) is 31.5 Å². The number of amides is 1. The van der Waals surface area contributed by atoms with Crippen LogP contribution in [-0.4, -0.2) is 108 Å². The van der Waals surface area contributed by atoms with E-state index in [9.17, 15) is 14.0 Å². The number of alkyl halides is 1. The highest BCUT2D eigenvalue weighted by atomic mass is 19.1. The van der Waals surface area contributed by atoms with Crippen LogP contribution in [0, 0.1) is 0 Å². The lowest BCUT2D eigenvalue weighted by Crippen LogP contribution is -2.49. The fourth-order valence-electron chi connectivity index (χ4n) is 4.32. The molecule has 0 unspecified atom stereocenters. The molecule has 3 rings (SSSR count). The van der Waals surface area contributed by atoms with Gasteiger partial charge in [-0.1, -0.05) is 0 Å². The van der Waals surface area contributed by atoms with Crippen LogP contribution in [0.1, 0.15) is 60.3 Å². The second kappa shape index (κ2) is 11.5. The number of piperidine rings is 1. The van der Waals surface area contributed by atoms with Crippen molar-refractivity contribution in [2.45, 2.75) is 78.1 Å². The lowest BCUT2D eigenvalue weighted by atomic mass is 9.88. The Balaban J connectivity index is 0.000000222. The number of piperazine rings is 1. The molecule has 0 aromatic heterocycles. The van der Waals surface area contributed by atoms with Gasteiger partial charge in [-0.15, -0.1) is 0 Å². The first-order valence-electron chi connectivity index (χ1n) is 11.8. The quantitative estimate of drug-likeness (QED) is 0.653. The summed E-state index contributed by atoms with van der Waals surface area (Å²) < 4.78 is 14.5. The van der Waals surface area contributed by atoms with Crippen molar-refractivity contribution in [3.05, 3.63) is 0 Å². The minimum atomic E-state index is -1.25. The smallest absolute Gasteiger partial charge is 0.225 e. The van der Waals surface area contributed by atoms with Crippen molar-refractivity contribution in [1.82, 2.24) is 19.6 Å². The first-order valence-corrected chi connectivity index (χ1v) is 11.8. The Bertz CT molecular complexity index is 549. The van der Waals surface area contributed by atoms with Gasteiger partial charge in [0.1, 0.15) is 11.5 Å². The summed E-state index contributed by atoms with van der Waals surface area (Å²) in [6.07, 6.45) is 2.18. The van der Waals surface area contributed by atoms with Gasteiger partial charge in [0.25, 0.3) is 0 Å². The molecule has 0 atom stereocenters. The van der Waals surface area contributed by atoms with Crippen molar-refractivity contribution in [3.63, 3.8) is 0 Å². The summed E-state index contributed by atoms with van der Waals surface area (Å²) in [6.45, 7) is 18.5. The summed E-state index contributed by atoms with van der Waals surface area (Å²) in [5.41, 5.74) is -1.25. The lowest BCUT2D eigenvalue weighted by Gasteiger charge is -2.40. The van der Waals surface area contributed by atoms with Gasteiger partial charge in [-0.2, -0.15) is 0 Å². The predicted molar refractivity (Wildman–Crippen MR) is 119 cm³/mol. The molecular formula is C23H43FN4O2. The molecule has 3 aliphatic rings. The van der Waals surface area contributed by atoms with Crippen LogP contribution < -0.4 is 0 Å². The zero-order chi connectivity index (χ0) is 22.3. The number of carbonyl (C=O) groups excluding carboxylic acids is 2. The molecule has 0 spiro atoms. The molecule has 30 heavy (non-hydrogen) atoms. The third-order valence-corrected chi connectivity index (χ3v) is 6.68. The number of rotatable bonds is 6. The Hall–Kier alpha value is -1.05. The highest BCUT2D eigenvalue weighted by Crippen LogP contribution is 2.31. The minimum absolute atomic E-state index is 0.0109. The Labute approximate surface area is 182 Å². The molecule has 7 heteroatoms. The number of halogens is 1. The van der Waals surface area contributed by atoms with Gasteiger partial charge < -0.3 is 9.80 Å². The highest BCUT2D eigenvalue weighted by Gasteiger charge is 2.38. The molecule has 0 saturated carbocycles. The van der Waals surface area contributed by atoms with E-state index in [-0.39, 0.29) is 18.1 Å². The average Bonchev–Trinajstić information content (AvgIpc) is 2.60. The maximum Gasteiger partial charge on any atom is 0.225 e. The van der Waals surface area contributed by atoms with Crippen LogP contribution in [0.3, 0.4) is 0 Å². The molecule has 3 aliphatic heterocycles. The number of hydrogen-bond donors (Lipinski definition) is 0. The van der Waals surface area contributed by atoms with E-state index >= 15 is 0 Å². The van der Waals surface area contributed by atoms with Gasteiger partial charge in [0.15, 0.2) is 0 Å². The second-order valence-corrected chi connectivity index (χ2v) is 9.80. The standard InChI is InChI=1S/C13H23FN2O.C10H20N2O/c1-11(2)15-8-4-13(14,5-9-15)10-12(17)16-6-3-7-16;1-9(2)12-6-4-11(5-7-12)8-10(3)13/h11H,3-10H2,1-2H3;9H,4-8H2,1-3H3. The first-order chi connectivity index (χ1) is 14.1. The van der Waals surface area contributed by atoms with Crippen LogP contribution in [0.25, 0.3) is 0 Å². The molecule has 0 aromatic rings. The second-order valence-electron chi connectivity index (χ2n) is 9.80. The fraction of sp³-hybridized carbons (Fsp3) is 0.913. The van der Waals surface area contributed by atoms with Gasteiger partial charge in [-0.25, -0.2) is 4.39 Å². The molecule has 0 aliphatic carbocycles. The Morgan fingerprint density at radius 1 is 0.833 bits per heavy atom. The molecule has 3 saturated heterocycles. The van der Waals surface area contributed by atoms with Crippen molar-refractivity contribution in [2.24, 2.45) is 0 Å². The number of hydrogen-bond acceptors (Lipinski definition) is 5. The van der Waals surface area contributed by atoms with E-state index in [2.05, 4.69) is 42.4 Å². The number of Topliss-reactive ketones (excluding diaryl/α,β-unsaturated/α-hetero) is 1. The molecule has 0 radical (unpaired) electrons. The zero-order valence-electron chi connectivity index (χ0n) is 19.8. The normalized spacial score (nSPS) is 23.1.